The number of aldehydes is 1. The van der Waals surface area contributed by atoms with E-state index in [1.165, 1.54) is 9.44 Å². The van der Waals surface area contributed by atoms with Gasteiger partial charge in [-0.15, -0.1) is 11.3 Å². The number of benzene rings is 1. The number of carbonyl (C=O) groups excluding carboxylic acids is 1. The molecular formula is C23H23B3N4O3S. The van der Waals surface area contributed by atoms with Gasteiger partial charge in [0.05, 0.1) is 34.6 Å². The Morgan fingerprint density at radius 1 is 1.18 bits per heavy atom. The SMILES string of the molecule is O=CCCn1ccc2cc(-n3c(=O)[nH]c4sc5c(c4c3=O)CCCC5)ccc21.[B]C([B])([B])NC. The van der Waals surface area contributed by atoms with Crippen LogP contribution in [0.4, 0.5) is 0 Å². The van der Waals surface area contributed by atoms with Gasteiger partial charge in [0, 0.05) is 34.9 Å². The number of H-pyrrole nitrogens is 1. The third-order valence-corrected chi connectivity index (χ3v) is 7.15. The maximum atomic E-state index is 13.3. The van der Waals surface area contributed by atoms with Gasteiger partial charge in [-0.05, 0) is 62.6 Å². The van der Waals surface area contributed by atoms with E-state index in [9.17, 15) is 14.4 Å². The molecule has 6 radical (unpaired) electrons. The summed E-state index contributed by atoms with van der Waals surface area (Å²) in [6.45, 7) is 0.611. The molecular weight excluding hydrogens is 445 g/mol. The molecule has 1 aliphatic rings. The molecule has 0 spiro atoms. The maximum absolute atomic E-state index is 13.3. The quantitative estimate of drug-likeness (QED) is 0.344. The van der Waals surface area contributed by atoms with Crippen molar-refractivity contribution in [3.05, 3.63) is 61.7 Å². The molecule has 5 rings (SSSR count). The minimum absolute atomic E-state index is 0.238. The van der Waals surface area contributed by atoms with Crippen LogP contribution in [0.3, 0.4) is 0 Å². The van der Waals surface area contributed by atoms with Gasteiger partial charge in [0.2, 0.25) is 0 Å². The fourth-order valence-corrected chi connectivity index (χ4v) is 5.46. The molecule has 2 N–H and O–H groups in total. The molecule has 0 unspecified atom stereocenters. The average Bonchev–Trinajstić information content (AvgIpc) is 3.38. The van der Waals surface area contributed by atoms with E-state index >= 15 is 0 Å². The summed E-state index contributed by atoms with van der Waals surface area (Å²) in [7, 11) is 16.5. The first-order valence-corrected chi connectivity index (χ1v) is 11.9. The molecule has 0 atom stereocenters. The van der Waals surface area contributed by atoms with Gasteiger partial charge in [0.1, 0.15) is 11.1 Å². The summed E-state index contributed by atoms with van der Waals surface area (Å²) in [6, 6.07) is 7.48. The summed E-state index contributed by atoms with van der Waals surface area (Å²) in [5.41, 5.74) is 2.00. The maximum Gasteiger partial charge on any atom is 0.334 e. The number of thiophene rings is 1. The summed E-state index contributed by atoms with van der Waals surface area (Å²) < 4.78 is 3.24. The first kappa shape index (κ1) is 24.4. The van der Waals surface area contributed by atoms with Gasteiger partial charge < -0.3 is 14.7 Å². The van der Waals surface area contributed by atoms with Crippen molar-refractivity contribution in [3.8, 4) is 5.69 Å². The lowest BCUT2D eigenvalue weighted by Gasteiger charge is -2.16. The van der Waals surface area contributed by atoms with E-state index in [1.54, 1.807) is 24.5 Å². The molecule has 1 aliphatic carbocycles. The van der Waals surface area contributed by atoms with E-state index in [2.05, 4.69) is 10.3 Å². The zero-order valence-corrected chi connectivity index (χ0v) is 19.8. The van der Waals surface area contributed by atoms with Gasteiger partial charge >= 0.3 is 5.69 Å². The number of aromatic nitrogens is 3. The van der Waals surface area contributed by atoms with Crippen molar-refractivity contribution in [3.63, 3.8) is 0 Å². The summed E-state index contributed by atoms with van der Waals surface area (Å²) >= 11 is 1.54. The molecule has 11 heteroatoms. The van der Waals surface area contributed by atoms with Crippen LogP contribution in [0.1, 0.15) is 29.7 Å². The third-order valence-electron chi connectivity index (χ3n) is 5.95. The molecule has 0 saturated heterocycles. The predicted molar refractivity (Wildman–Crippen MR) is 140 cm³/mol. The van der Waals surface area contributed by atoms with E-state index in [1.807, 2.05) is 29.0 Å². The molecule has 3 heterocycles. The number of carbonyl (C=O) groups is 1. The minimum Gasteiger partial charge on any atom is -0.347 e. The first-order chi connectivity index (χ1) is 16.2. The Bertz CT molecular complexity index is 1460. The highest BCUT2D eigenvalue weighted by Crippen LogP contribution is 2.33. The van der Waals surface area contributed by atoms with Crippen LogP contribution < -0.4 is 16.6 Å². The zero-order valence-electron chi connectivity index (χ0n) is 19.0. The van der Waals surface area contributed by atoms with Crippen LogP contribution in [0.2, 0.25) is 0 Å². The Hall–Kier alpha value is -2.78. The highest BCUT2D eigenvalue weighted by Gasteiger charge is 2.21. The van der Waals surface area contributed by atoms with Crippen LogP contribution in [0.5, 0.6) is 0 Å². The van der Waals surface area contributed by atoms with Crippen molar-refractivity contribution in [1.82, 2.24) is 19.4 Å². The van der Waals surface area contributed by atoms with Gasteiger partial charge in [-0.3, -0.25) is 9.78 Å². The van der Waals surface area contributed by atoms with Gasteiger partial charge in [0.25, 0.3) is 5.56 Å². The van der Waals surface area contributed by atoms with Crippen LogP contribution in [-0.4, -0.2) is 56.2 Å². The monoisotopic (exact) mass is 468 g/mol. The molecule has 168 valence electrons. The zero-order chi connectivity index (χ0) is 24.5. The Morgan fingerprint density at radius 2 is 1.91 bits per heavy atom. The van der Waals surface area contributed by atoms with Gasteiger partial charge in [-0.2, -0.15) is 0 Å². The van der Waals surface area contributed by atoms with E-state index in [0.29, 0.717) is 28.9 Å². The minimum atomic E-state index is -1.21. The van der Waals surface area contributed by atoms with Gasteiger partial charge in [-0.25, -0.2) is 9.36 Å². The normalized spacial score (nSPS) is 13.4. The van der Waals surface area contributed by atoms with E-state index in [-0.39, 0.29) is 5.56 Å². The summed E-state index contributed by atoms with van der Waals surface area (Å²) in [4.78, 5) is 41.5. The largest absolute Gasteiger partial charge is 0.347 e. The molecule has 0 aliphatic heterocycles. The van der Waals surface area contributed by atoms with Crippen molar-refractivity contribution in [2.45, 2.75) is 43.9 Å². The number of hydrogen-bond donors (Lipinski definition) is 2. The lowest BCUT2D eigenvalue weighted by molar-refractivity contribution is -0.108. The fraction of sp³-hybridized carbons (Fsp3) is 0.348. The van der Waals surface area contributed by atoms with Gasteiger partial charge in [-0.1, -0.05) is 5.24 Å². The van der Waals surface area contributed by atoms with E-state index < -0.39 is 10.9 Å². The van der Waals surface area contributed by atoms with Crippen molar-refractivity contribution in [1.29, 1.82) is 0 Å². The lowest BCUT2D eigenvalue weighted by atomic mass is 9.49. The van der Waals surface area contributed by atoms with Crippen molar-refractivity contribution in [2.24, 2.45) is 0 Å². The Balaban J connectivity index is 0.000000408. The molecule has 34 heavy (non-hydrogen) atoms. The Kier molecular flexibility index (Phi) is 7.05. The third kappa shape index (κ3) is 4.86. The molecule has 0 fully saturated rings. The van der Waals surface area contributed by atoms with Crippen molar-refractivity contribution in [2.75, 3.05) is 7.05 Å². The fourth-order valence-electron chi connectivity index (χ4n) is 4.19. The van der Waals surface area contributed by atoms with E-state index in [0.717, 1.165) is 48.4 Å². The van der Waals surface area contributed by atoms with Crippen LogP contribution in [0.25, 0.3) is 26.8 Å². The number of fused-ring (bicyclic) bond motifs is 4. The number of aryl methyl sites for hydroxylation is 3. The number of nitrogens with zero attached hydrogens (tertiary/aromatic N) is 2. The predicted octanol–water partition coefficient (Wildman–Crippen LogP) is 1.49. The van der Waals surface area contributed by atoms with Crippen LogP contribution >= 0.6 is 11.3 Å². The highest BCUT2D eigenvalue weighted by atomic mass is 32.1. The molecule has 4 aromatic rings. The van der Waals surface area contributed by atoms with Gasteiger partial charge in [0.15, 0.2) is 0 Å². The first-order valence-electron chi connectivity index (χ1n) is 11.1. The van der Waals surface area contributed by atoms with Crippen molar-refractivity contribution < 1.29 is 4.79 Å². The Morgan fingerprint density at radius 3 is 2.62 bits per heavy atom. The number of hydrogen-bond acceptors (Lipinski definition) is 5. The second-order valence-corrected chi connectivity index (χ2v) is 9.48. The highest BCUT2D eigenvalue weighted by molar-refractivity contribution is 7.18. The lowest BCUT2D eigenvalue weighted by Crippen LogP contribution is -2.44. The topological polar surface area (TPSA) is 88.9 Å². The second-order valence-electron chi connectivity index (χ2n) is 8.38. The Labute approximate surface area is 204 Å². The standard InChI is InChI=1S/C21H19N3O3S.C2H4B3N/c25-11-3-9-23-10-8-13-12-14(6-7-16(13)23)24-20(26)18-15-4-1-2-5-17(15)28-19(18)22-21(24)27;1-6-2(3,4)5/h6-8,10-12H,1-5,9H2,(H,22,27);6H,1H3. The smallest absolute Gasteiger partial charge is 0.334 e. The molecule has 0 saturated carbocycles. The van der Waals surface area contributed by atoms with Crippen molar-refractivity contribution >= 4 is 62.3 Å². The van der Waals surface area contributed by atoms with E-state index in [4.69, 9.17) is 23.5 Å². The second kappa shape index (κ2) is 9.84. The molecule has 3 aromatic heterocycles. The molecule has 7 nitrogen and oxygen atoms in total. The van der Waals surface area contributed by atoms with Crippen LogP contribution in [-0.2, 0) is 24.2 Å². The molecule has 1 aromatic carbocycles. The number of nitrogens with one attached hydrogen (secondary N) is 2. The molecule has 0 amide bonds. The van der Waals surface area contributed by atoms with Crippen LogP contribution in [0.15, 0.2) is 40.1 Å². The number of aromatic amines is 1. The summed E-state index contributed by atoms with van der Waals surface area (Å²) in [6.07, 6.45) is 7.36. The number of rotatable bonds is 5. The summed E-state index contributed by atoms with van der Waals surface area (Å²) in [5, 5.41) is 2.83. The summed E-state index contributed by atoms with van der Waals surface area (Å²) in [5.74, 6) is 0. The molecule has 0 bridgehead atoms. The van der Waals surface area contributed by atoms with Crippen LogP contribution in [0, 0.1) is 0 Å². The average molecular weight is 468 g/mol.